The molecule has 0 fully saturated rings. The molecule has 0 heteroatoms. The van der Waals surface area contributed by atoms with Crippen LogP contribution in [0.5, 0.6) is 0 Å². The van der Waals surface area contributed by atoms with E-state index >= 15 is 0 Å². The maximum absolute atomic E-state index is 2.42. The van der Waals surface area contributed by atoms with Gasteiger partial charge in [0, 0.05) is 0 Å². The van der Waals surface area contributed by atoms with Crippen LogP contribution >= 0.6 is 0 Å². The molecule has 0 saturated heterocycles. The molecule has 0 amide bonds. The largest absolute Gasteiger partial charge is 0.0883 e. The third kappa shape index (κ3) is 6.45. The van der Waals surface area contributed by atoms with E-state index < -0.39 is 0 Å². The zero-order chi connectivity index (χ0) is 9.23. The fourth-order valence-corrected chi connectivity index (χ4v) is 1.42. The Bertz CT molecular complexity index is 103. The second kappa shape index (κ2) is 8.83. The van der Waals surface area contributed by atoms with E-state index in [2.05, 4.69) is 32.9 Å². The average molecular weight is 168 g/mol. The molecule has 0 spiro atoms. The minimum Gasteiger partial charge on any atom is -0.0883 e. The Kier molecular flexibility index (Phi) is 8.64. The van der Waals surface area contributed by atoms with Gasteiger partial charge in [0.25, 0.3) is 0 Å². The van der Waals surface area contributed by atoms with Crippen molar-refractivity contribution in [1.29, 1.82) is 0 Å². The van der Waals surface area contributed by atoms with Crippen molar-refractivity contribution in [2.24, 2.45) is 5.92 Å². The van der Waals surface area contributed by atoms with Crippen molar-refractivity contribution < 1.29 is 0 Å². The minimum absolute atomic E-state index is 0.840. The van der Waals surface area contributed by atoms with E-state index in [1.807, 2.05) is 0 Å². The van der Waals surface area contributed by atoms with E-state index in [1.54, 1.807) is 0 Å². The van der Waals surface area contributed by atoms with Gasteiger partial charge in [-0.15, -0.1) is 0 Å². The topological polar surface area (TPSA) is 0 Å². The van der Waals surface area contributed by atoms with Crippen molar-refractivity contribution in [2.75, 3.05) is 0 Å². The highest BCUT2D eigenvalue weighted by Crippen LogP contribution is 2.12. The molecule has 1 unspecified atom stereocenters. The molecule has 0 saturated carbocycles. The normalized spacial score (nSPS) is 13.9. The lowest BCUT2D eigenvalue weighted by molar-refractivity contribution is 0.561. The van der Waals surface area contributed by atoms with Crippen molar-refractivity contribution >= 4 is 0 Å². The molecule has 12 heavy (non-hydrogen) atoms. The summed E-state index contributed by atoms with van der Waals surface area (Å²) in [5, 5.41) is 0. The second-order valence-electron chi connectivity index (χ2n) is 3.53. The van der Waals surface area contributed by atoms with Crippen molar-refractivity contribution in [3.8, 4) is 0 Å². The number of rotatable bonds is 7. The van der Waals surface area contributed by atoms with Crippen LogP contribution in [0.2, 0.25) is 0 Å². The van der Waals surface area contributed by atoms with E-state index in [4.69, 9.17) is 0 Å². The molecule has 0 rings (SSSR count). The summed E-state index contributed by atoms with van der Waals surface area (Å²) >= 11 is 0. The van der Waals surface area contributed by atoms with Gasteiger partial charge >= 0.3 is 0 Å². The quantitative estimate of drug-likeness (QED) is 0.386. The first-order valence-corrected chi connectivity index (χ1v) is 5.51. The minimum atomic E-state index is 0.840. The number of unbranched alkanes of at least 4 members (excludes halogenated alkanes) is 2. The number of hydrogen-bond donors (Lipinski definition) is 0. The predicted octanol–water partition coefficient (Wildman–Crippen LogP) is 4.56. The van der Waals surface area contributed by atoms with Crippen molar-refractivity contribution in [3.63, 3.8) is 0 Å². The van der Waals surface area contributed by atoms with E-state index in [-0.39, 0.29) is 0 Å². The van der Waals surface area contributed by atoms with Gasteiger partial charge in [0.15, 0.2) is 0 Å². The highest BCUT2D eigenvalue weighted by molar-refractivity contribution is 4.87. The van der Waals surface area contributed by atoms with Crippen LogP contribution in [0.1, 0.15) is 59.3 Å². The van der Waals surface area contributed by atoms with Gasteiger partial charge in [-0.25, -0.2) is 0 Å². The second-order valence-corrected chi connectivity index (χ2v) is 3.53. The van der Waals surface area contributed by atoms with Gasteiger partial charge in [-0.3, -0.25) is 0 Å². The fraction of sp³-hybridized carbons (Fsp3) is 0.833. The van der Waals surface area contributed by atoms with Crippen molar-refractivity contribution in [2.45, 2.75) is 59.3 Å². The van der Waals surface area contributed by atoms with E-state index in [0.29, 0.717) is 0 Å². The summed E-state index contributed by atoms with van der Waals surface area (Å²) in [4.78, 5) is 0. The first-order valence-electron chi connectivity index (χ1n) is 5.51. The lowest BCUT2D eigenvalue weighted by atomic mass is 10.00. The van der Waals surface area contributed by atoms with Crippen LogP contribution in [-0.4, -0.2) is 0 Å². The van der Waals surface area contributed by atoms with Crippen LogP contribution < -0.4 is 0 Å². The van der Waals surface area contributed by atoms with E-state index in [1.165, 1.54) is 38.5 Å². The molecule has 0 radical (unpaired) electrons. The SMILES string of the molecule is CCCCC=CC(CC)CCC. The molecule has 0 N–H and O–H groups in total. The van der Waals surface area contributed by atoms with Crippen LogP contribution in [0.3, 0.4) is 0 Å². The predicted molar refractivity (Wildman–Crippen MR) is 57.4 cm³/mol. The summed E-state index contributed by atoms with van der Waals surface area (Å²) in [5.41, 5.74) is 0. The molecule has 0 nitrogen and oxygen atoms in total. The van der Waals surface area contributed by atoms with Crippen molar-refractivity contribution in [3.05, 3.63) is 12.2 Å². The Morgan fingerprint density at radius 1 is 1.08 bits per heavy atom. The molecule has 0 aliphatic carbocycles. The Hall–Kier alpha value is -0.260. The fourth-order valence-electron chi connectivity index (χ4n) is 1.42. The van der Waals surface area contributed by atoms with Crippen molar-refractivity contribution in [1.82, 2.24) is 0 Å². The van der Waals surface area contributed by atoms with Gasteiger partial charge in [0.05, 0.1) is 0 Å². The average Bonchev–Trinajstić information content (AvgIpc) is 2.10. The summed E-state index contributed by atoms with van der Waals surface area (Å²) in [6.07, 6.45) is 12.7. The molecule has 0 aromatic carbocycles. The van der Waals surface area contributed by atoms with Crippen LogP contribution in [-0.2, 0) is 0 Å². The van der Waals surface area contributed by atoms with E-state index in [9.17, 15) is 0 Å². The lowest BCUT2D eigenvalue weighted by Crippen LogP contribution is -1.92. The monoisotopic (exact) mass is 168 g/mol. The third-order valence-corrected chi connectivity index (χ3v) is 2.32. The molecule has 72 valence electrons. The standard InChI is InChI=1S/C12H24/c1-4-7-8-9-11-12(6-3)10-5-2/h9,11-12H,4-8,10H2,1-3H3. The zero-order valence-corrected chi connectivity index (χ0v) is 8.97. The van der Waals surface area contributed by atoms with Gasteiger partial charge in [-0.2, -0.15) is 0 Å². The molecule has 1 atom stereocenters. The summed E-state index contributed by atoms with van der Waals surface area (Å²) in [6, 6.07) is 0. The Morgan fingerprint density at radius 2 is 1.83 bits per heavy atom. The summed E-state index contributed by atoms with van der Waals surface area (Å²) in [6.45, 7) is 6.80. The Balaban J connectivity index is 3.46. The molecule has 0 aliphatic heterocycles. The zero-order valence-electron chi connectivity index (χ0n) is 8.97. The van der Waals surface area contributed by atoms with Crippen LogP contribution in [0.4, 0.5) is 0 Å². The smallest absolute Gasteiger partial charge is 0.0236 e. The Morgan fingerprint density at radius 3 is 2.33 bits per heavy atom. The van der Waals surface area contributed by atoms with Gasteiger partial charge in [0.1, 0.15) is 0 Å². The number of hydrogen-bond acceptors (Lipinski definition) is 0. The first kappa shape index (κ1) is 11.7. The lowest BCUT2D eigenvalue weighted by Gasteiger charge is -2.06. The Labute approximate surface area is 78.1 Å². The molecule has 0 heterocycles. The van der Waals surface area contributed by atoms with Gasteiger partial charge < -0.3 is 0 Å². The van der Waals surface area contributed by atoms with Gasteiger partial charge in [-0.05, 0) is 25.2 Å². The van der Waals surface area contributed by atoms with Crippen LogP contribution in [0.15, 0.2) is 12.2 Å². The maximum Gasteiger partial charge on any atom is -0.0236 e. The molecule has 0 aromatic heterocycles. The van der Waals surface area contributed by atoms with E-state index in [0.717, 1.165) is 5.92 Å². The summed E-state index contributed by atoms with van der Waals surface area (Å²) < 4.78 is 0. The van der Waals surface area contributed by atoms with Gasteiger partial charge in [-0.1, -0.05) is 52.2 Å². The molecule has 0 aliphatic rings. The van der Waals surface area contributed by atoms with Crippen LogP contribution in [0.25, 0.3) is 0 Å². The first-order chi connectivity index (χ1) is 5.85. The summed E-state index contributed by atoms with van der Waals surface area (Å²) in [5.74, 6) is 0.840. The van der Waals surface area contributed by atoms with Crippen LogP contribution in [0, 0.1) is 5.92 Å². The molecule has 0 bridgehead atoms. The number of allylic oxidation sites excluding steroid dienone is 2. The molecule has 0 aromatic rings. The highest BCUT2D eigenvalue weighted by atomic mass is 14.0. The third-order valence-electron chi connectivity index (χ3n) is 2.32. The maximum atomic E-state index is 2.42. The highest BCUT2D eigenvalue weighted by Gasteiger charge is 1.97. The molecular formula is C12H24. The molecular weight excluding hydrogens is 144 g/mol. The summed E-state index contributed by atoms with van der Waals surface area (Å²) in [7, 11) is 0. The van der Waals surface area contributed by atoms with Gasteiger partial charge in [0.2, 0.25) is 0 Å².